The Balaban J connectivity index is 1.55. The van der Waals surface area contributed by atoms with Crippen molar-refractivity contribution in [2.75, 3.05) is 26.2 Å². The molecule has 2 aromatic rings. The summed E-state index contributed by atoms with van der Waals surface area (Å²) in [6.07, 6.45) is 0. The number of halogens is 2. The lowest BCUT2D eigenvalue weighted by Crippen LogP contribution is -2.48. The Morgan fingerprint density at radius 3 is 2.36 bits per heavy atom. The highest BCUT2D eigenvalue weighted by Gasteiger charge is 2.22. The SMILES string of the molecule is O=C(c1ccc(F)cc1)N1CCN(Cc2ccc(Cl)s2)CC1. The van der Waals surface area contributed by atoms with Gasteiger partial charge in [-0.1, -0.05) is 11.6 Å². The normalized spacial score (nSPS) is 16.0. The third-order valence-electron chi connectivity index (χ3n) is 3.76. The third-order valence-corrected chi connectivity index (χ3v) is 4.97. The summed E-state index contributed by atoms with van der Waals surface area (Å²) in [4.78, 5) is 17.7. The van der Waals surface area contributed by atoms with Gasteiger partial charge in [0.2, 0.25) is 0 Å². The molecule has 0 unspecified atom stereocenters. The minimum atomic E-state index is -0.323. The predicted octanol–water partition coefficient (Wildman–Crippen LogP) is 3.50. The summed E-state index contributed by atoms with van der Waals surface area (Å²) in [6.45, 7) is 3.92. The van der Waals surface area contributed by atoms with Crippen LogP contribution < -0.4 is 0 Å². The first-order chi connectivity index (χ1) is 10.6. The number of benzene rings is 1. The van der Waals surface area contributed by atoms with E-state index in [2.05, 4.69) is 4.90 Å². The second kappa shape index (κ2) is 6.77. The molecule has 0 spiro atoms. The Morgan fingerprint density at radius 1 is 1.09 bits per heavy atom. The highest BCUT2D eigenvalue weighted by atomic mass is 35.5. The van der Waals surface area contributed by atoms with Crippen LogP contribution in [0.15, 0.2) is 36.4 Å². The topological polar surface area (TPSA) is 23.6 Å². The summed E-state index contributed by atoms with van der Waals surface area (Å²) in [6, 6.07) is 9.68. The van der Waals surface area contributed by atoms with Crippen LogP contribution >= 0.6 is 22.9 Å². The zero-order valence-corrected chi connectivity index (χ0v) is 13.5. The molecule has 116 valence electrons. The van der Waals surface area contributed by atoms with Crippen molar-refractivity contribution in [3.8, 4) is 0 Å². The van der Waals surface area contributed by atoms with E-state index in [4.69, 9.17) is 11.6 Å². The number of piperazine rings is 1. The van der Waals surface area contributed by atoms with Gasteiger partial charge in [0.1, 0.15) is 5.82 Å². The highest BCUT2D eigenvalue weighted by molar-refractivity contribution is 7.16. The van der Waals surface area contributed by atoms with Crippen molar-refractivity contribution in [1.29, 1.82) is 0 Å². The van der Waals surface area contributed by atoms with Crippen LogP contribution in [0, 0.1) is 5.82 Å². The van der Waals surface area contributed by atoms with Crippen LogP contribution in [-0.4, -0.2) is 41.9 Å². The molecular weight excluding hydrogens is 323 g/mol. The summed E-state index contributed by atoms with van der Waals surface area (Å²) >= 11 is 7.54. The molecule has 0 saturated carbocycles. The summed E-state index contributed by atoms with van der Waals surface area (Å²) in [5.74, 6) is -0.352. The molecule has 0 radical (unpaired) electrons. The van der Waals surface area contributed by atoms with Crippen LogP contribution in [-0.2, 0) is 6.54 Å². The Kier molecular flexibility index (Phi) is 4.76. The van der Waals surface area contributed by atoms with E-state index < -0.39 is 0 Å². The van der Waals surface area contributed by atoms with Crippen molar-refractivity contribution in [2.45, 2.75) is 6.54 Å². The molecule has 1 fully saturated rings. The van der Waals surface area contributed by atoms with Crippen molar-refractivity contribution in [3.63, 3.8) is 0 Å². The molecule has 3 rings (SSSR count). The van der Waals surface area contributed by atoms with E-state index in [9.17, 15) is 9.18 Å². The van der Waals surface area contributed by atoms with Gasteiger partial charge in [0.05, 0.1) is 4.34 Å². The van der Waals surface area contributed by atoms with E-state index in [0.717, 1.165) is 24.0 Å². The minimum absolute atomic E-state index is 0.0289. The van der Waals surface area contributed by atoms with E-state index in [1.807, 2.05) is 17.0 Å². The first-order valence-electron chi connectivity index (χ1n) is 7.13. The molecule has 0 aliphatic carbocycles. The Labute approximate surface area is 137 Å². The number of rotatable bonds is 3. The summed E-state index contributed by atoms with van der Waals surface area (Å²) in [5, 5.41) is 0. The molecule has 0 bridgehead atoms. The lowest BCUT2D eigenvalue weighted by Gasteiger charge is -2.34. The first kappa shape index (κ1) is 15.5. The molecule has 1 aromatic heterocycles. The van der Waals surface area contributed by atoms with Crippen LogP contribution in [0.3, 0.4) is 0 Å². The van der Waals surface area contributed by atoms with Crippen molar-refractivity contribution in [1.82, 2.24) is 9.80 Å². The van der Waals surface area contributed by atoms with Gasteiger partial charge in [-0.3, -0.25) is 9.69 Å². The van der Waals surface area contributed by atoms with Gasteiger partial charge in [-0.15, -0.1) is 11.3 Å². The smallest absolute Gasteiger partial charge is 0.253 e. The Morgan fingerprint density at radius 2 is 1.77 bits per heavy atom. The molecule has 2 heterocycles. The van der Waals surface area contributed by atoms with E-state index in [-0.39, 0.29) is 11.7 Å². The summed E-state index contributed by atoms with van der Waals surface area (Å²) in [5.41, 5.74) is 0.542. The van der Waals surface area contributed by atoms with Crippen LogP contribution in [0.4, 0.5) is 4.39 Å². The maximum Gasteiger partial charge on any atom is 0.253 e. The van der Waals surface area contributed by atoms with Crippen LogP contribution in [0.2, 0.25) is 4.34 Å². The molecule has 0 atom stereocenters. The molecule has 6 heteroatoms. The molecule has 3 nitrogen and oxygen atoms in total. The number of carbonyl (C=O) groups excluding carboxylic acids is 1. The highest BCUT2D eigenvalue weighted by Crippen LogP contribution is 2.23. The first-order valence-corrected chi connectivity index (χ1v) is 8.33. The van der Waals surface area contributed by atoms with Gasteiger partial charge in [-0.05, 0) is 36.4 Å². The number of amides is 1. The van der Waals surface area contributed by atoms with Crippen LogP contribution in [0.25, 0.3) is 0 Å². The summed E-state index contributed by atoms with van der Waals surface area (Å²) < 4.78 is 13.7. The second-order valence-electron chi connectivity index (χ2n) is 5.28. The van der Waals surface area contributed by atoms with Crippen LogP contribution in [0.1, 0.15) is 15.2 Å². The van der Waals surface area contributed by atoms with Crippen LogP contribution in [0.5, 0.6) is 0 Å². The monoisotopic (exact) mass is 338 g/mol. The molecule has 0 N–H and O–H groups in total. The van der Waals surface area contributed by atoms with Gasteiger partial charge in [-0.25, -0.2) is 4.39 Å². The van der Waals surface area contributed by atoms with Gasteiger partial charge < -0.3 is 4.90 Å². The van der Waals surface area contributed by atoms with Gasteiger partial charge in [0, 0.05) is 43.2 Å². The van der Waals surface area contributed by atoms with Crippen molar-refractivity contribution in [2.24, 2.45) is 0 Å². The lowest BCUT2D eigenvalue weighted by molar-refractivity contribution is 0.0629. The number of thiophene rings is 1. The quantitative estimate of drug-likeness (QED) is 0.855. The van der Waals surface area contributed by atoms with Gasteiger partial charge >= 0.3 is 0 Å². The van der Waals surface area contributed by atoms with Gasteiger partial charge in [-0.2, -0.15) is 0 Å². The molecular formula is C16H16ClFN2OS. The fraction of sp³-hybridized carbons (Fsp3) is 0.312. The maximum absolute atomic E-state index is 12.9. The minimum Gasteiger partial charge on any atom is -0.336 e. The fourth-order valence-electron chi connectivity index (χ4n) is 2.54. The molecule has 1 aromatic carbocycles. The average Bonchev–Trinajstić information content (AvgIpc) is 2.93. The maximum atomic E-state index is 12.9. The van der Waals surface area contributed by atoms with Crippen molar-refractivity contribution < 1.29 is 9.18 Å². The standard InChI is InChI=1S/C16H16ClFN2OS/c17-15-6-5-14(22-15)11-19-7-9-20(10-8-19)16(21)12-1-3-13(18)4-2-12/h1-6H,7-11H2. The third kappa shape index (κ3) is 3.66. The van der Waals surface area contributed by atoms with E-state index >= 15 is 0 Å². The van der Waals surface area contributed by atoms with Gasteiger partial charge in [0.25, 0.3) is 5.91 Å². The number of hydrogen-bond acceptors (Lipinski definition) is 3. The van der Waals surface area contributed by atoms with E-state index in [0.29, 0.717) is 18.7 Å². The number of nitrogens with zero attached hydrogens (tertiary/aromatic N) is 2. The average molecular weight is 339 g/mol. The summed E-state index contributed by atoms with van der Waals surface area (Å²) in [7, 11) is 0. The zero-order valence-electron chi connectivity index (χ0n) is 12.0. The van der Waals surface area contributed by atoms with Gasteiger partial charge in [0.15, 0.2) is 0 Å². The fourth-order valence-corrected chi connectivity index (χ4v) is 3.67. The van der Waals surface area contributed by atoms with E-state index in [1.165, 1.54) is 29.1 Å². The number of carbonyl (C=O) groups is 1. The molecule has 1 amide bonds. The predicted molar refractivity (Wildman–Crippen MR) is 86.9 cm³/mol. The molecule has 1 saturated heterocycles. The molecule has 1 aliphatic rings. The number of hydrogen-bond donors (Lipinski definition) is 0. The molecule has 22 heavy (non-hydrogen) atoms. The lowest BCUT2D eigenvalue weighted by atomic mass is 10.2. The largest absolute Gasteiger partial charge is 0.336 e. The Hall–Kier alpha value is -1.43. The second-order valence-corrected chi connectivity index (χ2v) is 7.08. The van der Waals surface area contributed by atoms with E-state index in [1.54, 1.807) is 11.3 Å². The van der Waals surface area contributed by atoms with Crippen molar-refractivity contribution in [3.05, 3.63) is 57.0 Å². The molecule has 1 aliphatic heterocycles. The zero-order chi connectivity index (χ0) is 15.5. The van der Waals surface area contributed by atoms with Crippen molar-refractivity contribution >= 4 is 28.8 Å². The Bertz CT molecular complexity index is 650.